The second-order valence-corrected chi connectivity index (χ2v) is 8.19. The number of halogens is 3. The summed E-state index contributed by atoms with van der Waals surface area (Å²) in [6, 6.07) is 6.00. The molecule has 1 aliphatic carbocycles. The number of amides is 1. The third-order valence-electron chi connectivity index (χ3n) is 5.71. The second-order valence-electron chi connectivity index (χ2n) is 7.41. The number of benzene rings is 1. The summed E-state index contributed by atoms with van der Waals surface area (Å²) in [5.74, 6) is -1.80. The van der Waals surface area contributed by atoms with Gasteiger partial charge in [-0.2, -0.15) is 11.3 Å². The van der Waals surface area contributed by atoms with Crippen LogP contribution in [-0.2, 0) is 17.8 Å². The Morgan fingerprint density at radius 2 is 1.96 bits per heavy atom. The van der Waals surface area contributed by atoms with Crippen molar-refractivity contribution >= 4 is 29.7 Å². The Hall–Kier alpha value is -1.50. The molecule has 1 N–H and O–H groups in total. The van der Waals surface area contributed by atoms with Crippen LogP contribution in [0.2, 0.25) is 0 Å². The first-order valence-electron chi connectivity index (χ1n) is 9.03. The molecule has 1 atom stereocenters. The highest BCUT2D eigenvalue weighted by molar-refractivity contribution is 7.07. The van der Waals surface area contributed by atoms with Gasteiger partial charge in [-0.1, -0.05) is 6.07 Å². The standard InChI is InChI=1S/C20H22F2N2OS.ClH/c21-16-2-1-14(9-17(16)22)10-19(25)24(12-15-3-8-26-13-15)18-11-20(18)4-6-23-7-5-20;/h1-3,8-9,13,18,23H,4-7,10-12H2;1H. The molecule has 3 nitrogen and oxygen atoms in total. The Morgan fingerprint density at radius 1 is 1.19 bits per heavy atom. The maximum Gasteiger partial charge on any atom is 0.227 e. The lowest BCUT2D eigenvalue weighted by atomic mass is 9.93. The van der Waals surface area contributed by atoms with Crippen LogP contribution in [0.25, 0.3) is 0 Å². The SMILES string of the molecule is Cl.O=C(Cc1ccc(F)c(F)c1)N(Cc1ccsc1)C1CC12CCNCC2. The van der Waals surface area contributed by atoms with Crippen LogP contribution in [0, 0.1) is 17.0 Å². The van der Waals surface area contributed by atoms with E-state index in [1.54, 1.807) is 11.3 Å². The number of carbonyl (C=O) groups excluding carboxylic acids is 1. The lowest BCUT2D eigenvalue weighted by molar-refractivity contribution is -0.132. The molecular weight excluding hydrogens is 390 g/mol. The highest BCUT2D eigenvalue weighted by Gasteiger charge is 2.57. The summed E-state index contributed by atoms with van der Waals surface area (Å²) in [7, 11) is 0. The summed E-state index contributed by atoms with van der Waals surface area (Å²) in [6.45, 7) is 2.59. The van der Waals surface area contributed by atoms with Crippen LogP contribution < -0.4 is 5.32 Å². The molecule has 2 aromatic rings. The zero-order valence-electron chi connectivity index (χ0n) is 14.9. The number of thiophene rings is 1. The fourth-order valence-corrected chi connectivity index (χ4v) is 4.77. The molecular formula is C20H23ClF2N2OS. The first kappa shape index (κ1) is 20.2. The number of hydrogen-bond acceptors (Lipinski definition) is 3. The summed E-state index contributed by atoms with van der Waals surface area (Å²) in [4.78, 5) is 15.0. The van der Waals surface area contributed by atoms with Gasteiger partial charge in [0, 0.05) is 12.6 Å². The molecule has 4 rings (SSSR count). The van der Waals surface area contributed by atoms with E-state index in [1.165, 1.54) is 6.07 Å². The van der Waals surface area contributed by atoms with Gasteiger partial charge in [-0.05, 0) is 77.9 Å². The molecule has 1 amide bonds. The van der Waals surface area contributed by atoms with E-state index in [0.29, 0.717) is 12.1 Å². The molecule has 1 spiro atoms. The highest BCUT2D eigenvalue weighted by atomic mass is 35.5. The smallest absolute Gasteiger partial charge is 0.227 e. The van der Waals surface area contributed by atoms with Gasteiger partial charge in [0.25, 0.3) is 0 Å². The molecule has 27 heavy (non-hydrogen) atoms. The van der Waals surface area contributed by atoms with Gasteiger partial charge in [-0.25, -0.2) is 8.78 Å². The van der Waals surface area contributed by atoms with Crippen molar-refractivity contribution in [2.45, 2.75) is 38.3 Å². The van der Waals surface area contributed by atoms with Crippen LogP contribution in [0.15, 0.2) is 35.0 Å². The largest absolute Gasteiger partial charge is 0.334 e. The highest BCUT2D eigenvalue weighted by Crippen LogP contribution is 2.56. The Balaban J connectivity index is 0.00000210. The fraction of sp³-hybridized carbons (Fsp3) is 0.450. The predicted octanol–water partition coefficient (Wildman–Crippen LogP) is 4.16. The van der Waals surface area contributed by atoms with Crippen LogP contribution in [0.5, 0.6) is 0 Å². The average molecular weight is 413 g/mol. The van der Waals surface area contributed by atoms with Gasteiger partial charge in [-0.3, -0.25) is 4.79 Å². The molecule has 2 aliphatic rings. The Morgan fingerprint density at radius 3 is 2.63 bits per heavy atom. The van der Waals surface area contributed by atoms with Gasteiger partial charge in [0.15, 0.2) is 11.6 Å². The third kappa shape index (κ3) is 4.33. The molecule has 1 saturated carbocycles. The van der Waals surface area contributed by atoms with E-state index in [0.717, 1.165) is 50.0 Å². The molecule has 7 heteroatoms. The van der Waals surface area contributed by atoms with Gasteiger partial charge in [0.05, 0.1) is 6.42 Å². The molecule has 0 bridgehead atoms. The van der Waals surface area contributed by atoms with E-state index in [1.807, 2.05) is 16.3 Å². The zero-order valence-corrected chi connectivity index (χ0v) is 16.6. The number of hydrogen-bond donors (Lipinski definition) is 1. The molecule has 1 aromatic heterocycles. The minimum atomic E-state index is -0.902. The summed E-state index contributed by atoms with van der Waals surface area (Å²) in [5, 5.41) is 7.47. The van der Waals surface area contributed by atoms with Crippen molar-refractivity contribution in [2.24, 2.45) is 5.41 Å². The van der Waals surface area contributed by atoms with Crippen LogP contribution in [0.1, 0.15) is 30.4 Å². The van der Waals surface area contributed by atoms with E-state index < -0.39 is 11.6 Å². The molecule has 146 valence electrons. The molecule has 2 fully saturated rings. The van der Waals surface area contributed by atoms with Crippen LogP contribution in [0.4, 0.5) is 8.78 Å². The number of rotatable bonds is 5. The van der Waals surface area contributed by atoms with E-state index in [9.17, 15) is 13.6 Å². The molecule has 1 unspecified atom stereocenters. The summed E-state index contributed by atoms with van der Waals surface area (Å²) >= 11 is 1.62. The average Bonchev–Trinajstić information content (AvgIpc) is 3.06. The van der Waals surface area contributed by atoms with E-state index in [-0.39, 0.29) is 36.2 Å². The van der Waals surface area contributed by atoms with Crippen molar-refractivity contribution in [3.8, 4) is 0 Å². The summed E-state index contributed by atoms with van der Waals surface area (Å²) in [6.07, 6.45) is 3.33. The topological polar surface area (TPSA) is 32.3 Å². The van der Waals surface area contributed by atoms with E-state index >= 15 is 0 Å². The van der Waals surface area contributed by atoms with Crippen LogP contribution in [-0.4, -0.2) is 29.9 Å². The number of nitrogens with zero attached hydrogens (tertiary/aromatic N) is 1. The first-order valence-corrected chi connectivity index (χ1v) is 9.97. The Kier molecular flexibility index (Phi) is 6.18. The quantitative estimate of drug-likeness (QED) is 0.799. The monoisotopic (exact) mass is 412 g/mol. The molecule has 0 radical (unpaired) electrons. The van der Waals surface area contributed by atoms with Crippen molar-refractivity contribution in [3.05, 3.63) is 57.8 Å². The molecule has 1 aromatic carbocycles. The van der Waals surface area contributed by atoms with Crippen molar-refractivity contribution in [3.63, 3.8) is 0 Å². The van der Waals surface area contributed by atoms with E-state index in [2.05, 4.69) is 10.7 Å². The Labute approximate surface area is 168 Å². The second kappa shape index (κ2) is 8.25. The lowest BCUT2D eigenvalue weighted by Crippen LogP contribution is -2.39. The fourth-order valence-electron chi connectivity index (χ4n) is 4.11. The number of nitrogens with one attached hydrogen (secondary N) is 1. The van der Waals surface area contributed by atoms with Gasteiger partial charge >= 0.3 is 0 Å². The number of piperidine rings is 1. The van der Waals surface area contributed by atoms with Gasteiger partial charge in [-0.15, -0.1) is 12.4 Å². The predicted molar refractivity (Wildman–Crippen MR) is 105 cm³/mol. The van der Waals surface area contributed by atoms with Crippen molar-refractivity contribution in [1.82, 2.24) is 10.2 Å². The first-order chi connectivity index (χ1) is 12.6. The molecule has 1 aliphatic heterocycles. The molecule has 2 heterocycles. The maximum atomic E-state index is 13.5. The third-order valence-corrected chi connectivity index (χ3v) is 6.45. The van der Waals surface area contributed by atoms with Crippen molar-refractivity contribution in [2.75, 3.05) is 13.1 Å². The van der Waals surface area contributed by atoms with E-state index in [4.69, 9.17) is 0 Å². The normalized spacial score (nSPS) is 20.1. The Bertz CT molecular complexity index is 793. The minimum absolute atomic E-state index is 0. The van der Waals surface area contributed by atoms with Crippen molar-refractivity contribution < 1.29 is 13.6 Å². The molecule has 1 saturated heterocycles. The van der Waals surface area contributed by atoms with Crippen LogP contribution >= 0.6 is 23.7 Å². The lowest BCUT2D eigenvalue weighted by Gasteiger charge is -2.29. The van der Waals surface area contributed by atoms with Gasteiger partial charge in [0.2, 0.25) is 5.91 Å². The minimum Gasteiger partial charge on any atom is -0.334 e. The summed E-state index contributed by atoms with van der Waals surface area (Å²) in [5.41, 5.74) is 1.89. The van der Waals surface area contributed by atoms with Gasteiger partial charge in [0.1, 0.15) is 0 Å². The summed E-state index contributed by atoms with van der Waals surface area (Å²) < 4.78 is 26.6. The van der Waals surface area contributed by atoms with Crippen molar-refractivity contribution in [1.29, 1.82) is 0 Å². The van der Waals surface area contributed by atoms with Gasteiger partial charge < -0.3 is 10.2 Å². The maximum absolute atomic E-state index is 13.5. The zero-order chi connectivity index (χ0) is 18.1. The number of carbonyl (C=O) groups is 1. The van der Waals surface area contributed by atoms with Crippen LogP contribution in [0.3, 0.4) is 0 Å².